The van der Waals surface area contributed by atoms with Crippen molar-refractivity contribution in [2.24, 2.45) is 0 Å². The van der Waals surface area contributed by atoms with E-state index in [0.29, 0.717) is 6.61 Å². The largest absolute Gasteiger partial charge is 0.383 e. The first-order valence-corrected chi connectivity index (χ1v) is 4.82. The van der Waals surface area contributed by atoms with Crippen molar-refractivity contribution in [3.8, 4) is 0 Å². The second-order valence-corrected chi connectivity index (χ2v) is 3.02. The molecule has 11 heavy (non-hydrogen) atoms. The average Bonchev–Trinajstić information content (AvgIpc) is 2.48. The van der Waals surface area contributed by atoms with E-state index in [9.17, 15) is 0 Å². The molecule has 0 saturated heterocycles. The van der Waals surface area contributed by atoms with Gasteiger partial charge >= 0.3 is 0 Å². The molecule has 0 radical (unpaired) electrons. The molecule has 0 N–H and O–H groups in total. The molecule has 0 atom stereocenters. The van der Waals surface area contributed by atoms with Crippen LogP contribution in [0.4, 0.5) is 0 Å². The van der Waals surface area contributed by atoms with Gasteiger partial charge in [-0.1, -0.05) is 0 Å². The molecule has 1 aromatic rings. The Morgan fingerprint density at radius 3 is 3.18 bits per heavy atom. The van der Waals surface area contributed by atoms with Crippen molar-refractivity contribution >= 4 is 21.7 Å². The molecular formula is C6H9ClN2OS. The molecule has 0 amide bonds. The maximum atomic E-state index is 5.48. The average molecular weight is 193 g/mol. The van der Waals surface area contributed by atoms with E-state index in [0.717, 1.165) is 22.5 Å². The van der Waals surface area contributed by atoms with Gasteiger partial charge in [0, 0.05) is 24.3 Å². The number of halogens is 1. The number of hydrogen-bond acceptors (Lipinski definition) is 3. The predicted molar refractivity (Wildman–Crippen MR) is 45.8 cm³/mol. The number of rotatable bonds is 4. The SMILES string of the molecule is COCCn1ccc(SCl)n1. The molecule has 0 aliphatic heterocycles. The minimum Gasteiger partial charge on any atom is -0.383 e. The zero-order valence-electron chi connectivity index (χ0n) is 6.16. The summed E-state index contributed by atoms with van der Waals surface area (Å²) in [5.41, 5.74) is 0. The van der Waals surface area contributed by atoms with Gasteiger partial charge in [0.25, 0.3) is 0 Å². The summed E-state index contributed by atoms with van der Waals surface area (Å²) in [4.78, 5) is 0. The highest BCUT2D eigenvalue weighted by Crippen LogP contribution is 2.18. The van der Waals surface area contributed by atoms with Gasteiger partial charge in [-0.3, -0.25) is 4.68 Å². The van der Waals surface area contributed by atoms with Gasteiger partial charge in [0.15, 0.2) is 0 Å². The van der Waals surface area contributed by atoms with Crippen molar-refractivity contribution in [1.82, 2.24) is 9.78 Å². The first-order chi connectivity index (χ1) is 5.36. The number of ether oxygens (including phenoxy) is 1. The third-order valence-corrected chi connectivity index (χ3v) is 2.07. The minimum absolute atomic E-state index is 0.675. The highest BCUT2D eigenvalue weighted by molar-refractivity contribution is 8.21. The maximum absolute atomic E-state index is 5.48. The molecule has 0 spiro atoms. The van der Waals surface area contributed by atoms with Gasteiger partial charge in [-0.2, -0.15) is 5.10 Å². The third-order valence-electron chi connectivity index (χ3n) is 1.22. The molecule has 0 aliphatic carbocycles. The molecule has 3 nitrogen and oxygen atoms in total. The summed E-state index contributed by atoms with van der Waals surface area (Å²) in [6.45, 7) is 1.45. The molecule has 62 valence electrons. The van der Waals surface area contributed by atoms with Crippen LogP contribution in [0.15, 0.2) is 17.3 Å². The van der Waals surface area contributed by atoms with E-state index in [1.54, 1.807) is 11.8 Å². The van der Waals surface area contributed by atoms with Gasteiger partial charge in [0.1, 0.15) is 5.03 Å². The van der Waals surface area contributed by atoms with Crippen molar-refractivity contribution in [3.05, 3.63) is 12.3 Å². The highest BCUT2D eigenvalue weighted by Gasteiger charge is 1.96. The van der Waals surface area contributed by atoms with Crippen LogP contribution < -0.4 is 0 Å². The van der Waals surface area contributed by atoms with Crippen molar-refractivity contribution in [1.29, 1.82) is 0 Å². The molecule has 0 saturated carbocycles. The zero-order valence-corrected chi connectivity index (χ0v) is 7.73. The Morgan fingerprint density at radius 1 is 1.82 bits per heavy atom. The van der Waals surface area contributed by atoms with Crippen LogP contribution in [0, 0.1) is 0 Å². The Morgan fingerprint density at radius 2 is 2.64 bits per heavy atom. The number of nitrogens with zero attached hydrogens (tertiary/aromatic N) is 2. The fourth-order valence-electron chi connectivity index (χ4n) is 0.694. The Hall–Kier alpha value is -0.190. The van der Waals surface area contributed by atoms with E-state index in [4.69, 9.17) is 15.4 Å². The number of methoxy groups -OCH3 is 1. The normalized spacial score (nSPS) is 10.4. The molecule has 0 bridgehead atoms. The van der Waals surface area contributed by atoms with Gasteiger partial charge < -0.3 is 4.74 Å². The minimum atomic E-state index is 0.675. The monoisotopic (exact) mass is 192 g/mol. The second kappa shape index (κ2) is 4.64. The van der Waals surface area contributed by atoms with Gasteiger partial charge in [-0.15, -0.1) is 0 Å². The highest BCUT2D eigenvalue weighted by atomic mass is 35.7. The first kappa shape index (κ1) is 8.90. The lowest BCUT2D eigenvalue weighted by atomic mass is 10.7. The first-order valence-electron chi connectivity index (χ1n) is 3.18. The van der Waals surface area contributed by atoms with Gasteiger partial charge in [0.2, 0.25) is 0 Å². The van der Waals surface area contributed by atoms with Crippen LogP contribution in [0.25, 0.3) is 0 Å². The summed E-state index contributed by atoms with van der Waals surface area (Å²) in [5.74, 6) is 0. The van der Waals surface area contributed by atoms with E-state index in [2.05, 4.69) is 5.10 Å². The van der Waals surface area contributed by atoms with Crippen LogP contribution >= 0.6 is 21.7 Å². The molecular weight excluding hydrogens is 184 g/mol. The van der Waals surface area contributed by atoms with Crippen molar-refractivity contribution in [2.75, 3.05) is 13.7 Å². The van der Waals surface area contributed by atoms with Gasteiger partial charge in [-0.05, 0) is 16.7 Å². The zero-order chi connectivity index (χ0) is 8.10. The molecule has 5 heteroatoms. The van der Waals surface area contributed by atoms with E-state index >= 15 is 0 Å². The Balaban J connectivity index is 2.44. The molecule has 1 rings (SSSR count). The van der Waals surface area contributed by atoms with Gasteiger partial charge in [-0.25, -0.2) is 0 Å². The molecule has 0 unspecified atom stereocenters. The van der Waals surface area contributed by atoms with Crippen molar-refractivity contribution < 1.29 is 4.74 Å². The van der Waals surface area contributed by atoms with Crippen LogP contribution in [0.3, 0.4) is 0 Å². The quantitative estimate of drug-likeness (QED) is 0.728. The molecule has 0 aliphatic rings. The molecule has 1 heterocycles. The van der Waals surface area contributed by atoms with E-state index in [-0.39, 0.29) is 0 Å². The summed E-state index contributed by atoms with van der Waals surface area (Å²) < 4.78 is 6.69. The Bertz CT molecular complexity index is 216. The second-order valence-electron chi connectivity index (χ2n) is 1.99. The smallest absolute Gasteiger partial charge is 0.133 e. The summed E-state index contributed by atoms with van der Waals surface area (Å²) in [6.07, 6.45) is 1.88. The van der Waals surface area contributed by atoms with E-state index in [1.165, 1.54) is 0 Å². The standard InChI is InChI=1S/C6H9ClN2OS/c1-10-5-4-9-3-2-6(8-9)11-7/h2-3H,4-5H2,1H3. The van der Waals surface area contributed by atoms with Crippen molar-refractivity contribution in [3.63, 3.8) is 0 Å². The van der Waals surface area contributed by atoms with Crippen LogP contribution in [0.2, 0.25) is 0 Å². The van der Waals surface area contributed by atoms with E-state index in [1.807, 2.05) is 12.3 Å². The molecule has 0 fully saturated rings. The summed E-state index contributed by atoms with van der Waals surface area (Å²) in [6, 6.07) is 1.87. The lowest BCUT2D eigenvalue weighted by Crippen LogP contribution is -2.04. The molecule has 0 aromatic carbocycles. The topological polar surface area (TPSA) is 27.1 Å². The van der Waals surface area contributed by atoms with Crippen LogP contribution in [-0.2, 0) is 11.3 Å². The Kier molecular flexibility index (Phi) is 3.76. The number of hydrogen-bond donors (Lipinski definition) is 0. The van der Waals surface area contributed by atoms with E-state index < -0.39 is 0 Å². The maximum Gasteiger partial charge on any atom is 0.133 e. The number of aromatic nitrogens is 2. The van der Waals surface area contributed by atoms with Gasteiger partial charge in [0.05, 0.1) is 13.2 Å². The Labute approximate surface area is 74.2 Å². The third kappa shape index (κ3) is 2.73. The van der Waals surface area contributed by atoms with Crippen LogP contribution in [-0.4, -0.2) is 23.5 Å². The summed E-state index contributed by atoms with van der Waals surface area (Å²) >= 11 is 0. The lowest BCUT2D eigenvalue weighted by molar-refractivity contribution is 0.183. The summed E-state index contributed by atoms with van der Waals surface area (Å²) in [5, 5.41) is 4.96. The van der Waals surface area contributed by atoms with Crippen molar-refractivity contribution in [2.45, 2.75) is 11.6 Å². The molecule has 1 aromatic heterocycles. The lowest BCUT2D eigenvalue weighted by Gasteiger charge is -1.97. The van der Waals surface area contributed by atoms with Crippen LogP contribution in [0.5, 0.6) is 0 Å². The predicted octanol–water partition coefficient (Wildman–Crippen LogP) is 1.78. The fourth-order valence-corrected chi connectivity index (χ4v) is 1.19. The van der Waals surface area contributed by atoms with Crippen LogP contribution in [0.1, 0.15) is 0 Å². The fraction of sp³-hybridized carbons (Fsp3) is 0.500. The summed E-state index contributed by atoms with van der Waals surface area (Å²) in [7, 11) is 8.27.